The van der Waals surface area contributed by atoms with E-state index >= 15 is 0 Å². The molecule has 3 aromatic rings. The molecule has 152 valence electrons. The first-order chi connectivity index (χ1) is 14.2. The molecule has 0 aliphatic carbocycles. The van der Waals surface area contributed by atoms with E-state index in [0.717, 1.165) is 16.7 Å². The first-order valence-corrected chi connectivity index (χ1v) is 9.21. The molecule has 1 atom stereocenters. The molecule has 2 amide bonds. The summed E-state index contributed by atoms with van der Waals surface area (Å²) in [4.78, 5) is 29.5. The third kappa shape index (κ3) is 4.71. The number of ether oxygens (including phenoxy) is 1. The van der Waals surface area contributed by atoms with Crippen LogP contribution < -0.4 is 10.6 Å². The van der Waals surface area contributed by atoms with E-state index in [9.17, 15) is 9.59 Å². The quantitative estimate of drug-likeness (QED) is 0.698. The Morgan fingerprint density at radius 3 is 2.30 bits per heavy atom. The lowest BCUT2D eigenvalue weighted by atomic mass is 10.0. The standard InChI is InChI=1S/C23H19N3O3.H2O/c27-22-21(26-23(28)29-15-16-9-3-1-4-10-16)25-20(17-11-5-2-6-12-17)18-13-7-8-14-19(18)24-22;/h1-14,21H,15H2,(H,24,27)(H,26,28);1H2. The number of carbonyl (C=O) groups is 2. The van der Waals surface area contributed by atoms with Crippen molar-refractivity contribution in [2.45, 2.75) is 12.8 Å². The Hall–Kier alpha value is -3.97. The Labute approximate surface area is 173 Å². The molecule has 0 saturated heterocycles. The van der Waals surface area contributed by atoms with Gasteiger partial charge in [-0.3, -0.25) is 10.1 Å². The molecule has 1 unspecified atom stereocenters. The van der Waals surface area contributed by atoms with E-state index in [0.29, 0.717) is 11.4 Å². The van der Waals surface area contributed by atoms with Crippen molar-refractivity contribution < 1.29 is 19.8 Å². The van der Waals surface area contributed by atoms with Crippen molar-refractivity contribution >= 4 is 23.4 Å². The van der Waals surface area contributed by atoms with Gasteiger partial charge in [0, 0.05) is 11.1 Å². The van der Waals surface area contributed by atoms with Crippen molar-refractivity contribution in [1.29, 1.82) is 0 Å². The molecule has 0 spiro atoms. The van der Waals surface area contributed by atoms with Crippen molar-refractivity contribution in [1.82, 2.24) is 5.32 Å². The number of nitrogens with zero attached hydrogens (tertiary/aromatic N) is 1. The van der Waals surface area contributed by atoms with Gasteiger partial charge < -0.3 is 15.5 Å². The second-order valence-corrected chi connectivity index (χ2v) is 6.49. The Balaban J connectivity index is 0.00000256. The van der Waals surface area contributed by atoms with Crippen LogP contribution in [-0.2, 0) is 16.1 Å². The number of benzodiazepines with no additional fused rings is 1. The van der Waals surface area contributed by atoms with Gasteiger partial charge in [-0.15, -0.1) is 0 Å². The van der Waals surface area contributed by atoms with Crippen molar-refractivity contribution in [3.8, 4) is 0 Å². The molecule has 4 N–H and O–H groups in total. The summed E-state index contributed by atoms with van der Waals surface area (Å²) in [5.74, 6) is -0.431. The molecule has 1 aliphatic heterocycles. The number of rotatable bonds is 4. The van der Waals surface area contributed by atoms with Gasteiger partial charge in [0.15, 0.2) is 0 Å². The van der Waals surface area contributed by atoms with Gasteiger partial charge in [0.1, 0.15) is 6.61 Å². The summed E-state index contributed by atoms with van der Waals surface area (Å²) in [6.45, 7) is 0.108. The van der Waals surface area contributed by atoms with Gasteiger partial charge in [0.25, 0.3) is 5.91 Å². The number of alkyl carbamates (subject to hydrolysis) is 1. The van der Waals surface area contributed by atoms with Gasteiger partial charge >= 0.3 is 6.09 Å². The van der Waals surface area contributed by atoms with E-state index in [1.165, 1.54) is 0 Å². The van der Waals surface area contributed by atoms with Crippen LogP contribution in [0, 0.1) is 0 Å². The fourth-order valence-electron chi connectivity index (χ4n) is 3.06. The molecule has 30 heavy (non-hydrogen) atoms. The summed E-state index contributed by atoms with van der Waals surface area (Å²) < 4.78 is 5.24. The highest BCUT2D eigenvalue weighted by molar-refractivity contribution is 6.19. The normalized spacial score (nSPS) is 14.9. The maximum absolute atomic E-state index is 12.7. The van der Waals surface area contributed by atoms with Crippen LogP contribution in [0.25, 0.3) is 0 Å². The van der Waals surface area contributed by atoms with E-state index in [2.05, 4.69) is 15.6 Å². The molecule has 1 aliphatic rings. The summed E-state index contributed by atoms with van der Waals surface area (Å²) in [6, 6.07) is 26.3. The molecule has 0 bridgehead atoms. The summed E-state index contributed by atoms with van der Waals surface area (Å²) in [5, 5.41) is 5.38. The van der Waals surface area contributed by atoms with E-state index < -0.39 is 18.2 Å². The number of anilines is 1. The molecule has 7 nitrogen and oxygen atoms in total. The Bertz CT molecular complexity index is 1050. The third-order valence-corrected chi connectivity index (χ3v) is 4.46. The molecule has 0 aromatic heterocycles. The van der Waals surface area contributed by atoms with Crippen molar-refractivity contribution in [2.24, 2.45) is 4.99 Å². The topological polar surface area (TPSA) is 111 Å². The van der Waals surface area contributed by atoms with Gasteiger partial charge in [-0.25, -0.2) is 9.79 Å². The van der Waals surface area contributed by atoms with Crippen LogP contribution in [0.1, 0.15) is 16.7 Å². The van der Waals surface area contributed by atoms with Crippen LogP contribution in [0.5, 0.6) is 0 Å². The SMILES string of the molecule is O.O=C(NC1N=C(c2ccccc2)c2ccccc2NC1=O)OCc1ccccc1. The van der Waals surface area contributed by atoms with Gasteiger partial charge in [-0.1, -0.05) is 78.9 Å². The van der Waals surface area contributed by atoms with E-state index in [-0.39, 0.29) is 12.1 Å². The number of hydrogen-bond acceptors (Lipinski definition) is 4. The average molecular weight is 403 g/mol. The van der Waals surface area contributed by atoms with Crippen molar-refractivity contribution in [2.75, 3.05) is 5.32 Å². The molecular formula is C23H21N3O4. The average Bonchev–Trinajstić information content (AvgIpc) is 2.90. The highest BCUT2D eigenvalue weighted by atomic mass is 16.5. The lowest BCUT2D eigenvalue weighted by molar-refractivity contribution is -0.117. The van der Waals surface area contributed by atoms with Crippen LogP contribution in [0.3, 0.4) is 0 Å². The lowest BCUT2D eigenvalue weighted by Crippen LogP contribution is -2.42. The first kappa shape index (κ1) is 20.8. The van der Waals surface area contributed by atoms with Gasteiger partial charge in [-0.05, 0) is 11.6 Å². The molecule has 0 saturated carbocycles. The zero-order valence-corrected chi connectivity index (χ0v) is 16.0. The summed E-state index contributed by atoms with van der Waals surface area (Å²) in [6.07, 6.45) is -1.82. The van der Waals surface area contributed by atoms with Crippen LogP contribution >= 0.6 is 0 Å². The maximum Gasteiger partial charge on any atom is 0.409 e. The second-order valence-electron chi connectivity index (χ2n) is 6.49. The zero-order valence-electron chi connectivity index (χ0n) is 16.0. The van der Waals surface area contributed by atoms with Gasteiger partial charge in [0.05, 0.1) is 11.4 Å². The van der Waals surface area contributed by atoms with E-state index in [1.807, 2.05) is 84.9 Å². The third-order valence-electron chi connectivity index (χ3n) is 4.46. The summed E-state index contributed by atoms with van der Waals surface area (Å²) in [7, 11) is 0. The Morgan fingerprint density at radius 1 is 0.933 bits per heavy atom. The monoisotopic (exact) mass is 403 g/mol. The predicted octanol–water partition coefficient (Wildman–Crippen LogP) is 2.90. The number of aliphatic imine (C=N–C) groups is 1. The minimum Gasteiger partial charge on any atom is -0.445 e. The van der Waals surface area contributed by atoms with Gasteiger partial charge in [0.2, 0.25) is 6.17 Å². The number of para-hydroxylation sites is 1. The molecule has 1 heterocycles. The number of benzene rings is 3. The molecule has 4 rings (SSSR count). The molecular weight excluding hydrogens is 382 g/mol. The van der Waals surface area contributed by atoms with Crippen molar-refractivity contribution in [3.05, 3.63) is 102 Å². The van der Waals surface area contributed by atoms with Crippen LogP contribution in [-0.4, -0.2) is 29.4 Å². The summed E-state index contributed by atoms with van der Waals surface area (Å²) in [5.41, 5.74) is 3.75. The smallest absolute Gasteiger partial charge is 0.409 e. The first-order valence-electron chi connectivity index (χ1n) is 9.21. The predicted molar refractivity (Wildman–Crippen MR) is 114 cm³/mol. The van der Waals surface area contributed by atoms with E-state index in [4.69, 9.17) is 4.74 Å². The lowest BCUT2D eigenvalue weighted by Gasteiger charge is -2.13. The number of fused-ring (bicyclic) bond motifs is 1. The van der Waals surface area contributed by atoms with Crippen LogP contribution in [0.2, 0.25) is 0 Å². The minimum atomic E-state index is -1.11. The number of hydrogen-bond donors (Lipinski definition) is 2. The number of amides is 2. The second kappa shape index (κ2) is 9.49. The summed E-state index contributed by atoms with van der Waals surface area (Å²) >= 11 is 0. The van der Waals surface area contributed by atoms with Crippen molar-refractivity contribution in [3.63, 3.8) is 0 Å². The van der Waals surface area contributed by atoms with Crippen LogP contribution in [0.15, 0.2) is 89.9 Å². The number of carbonyl (C=O) groups excluding carboxylic acids is 2. The Morgan fingerprint density at radius 2 is 1.57 bits per heavy atom. The molecule has 0 fully saturated rings. The fraction of sp³-hybridized carbons (Fsp3) is 0.0870. The number of nitrogens with one attached hydrogen (secondary N) is 2. The molecule has 3 aromatic carbocycles. The van der Waals surface area contributed by atoms with Crippen LogP contribution in [0.4, 0.5) is 10.5 Å². The van der Waals surface area contributed by atoms with Gasteiger partial charge in [-0.2, -0.15) is 0 Å². The Kier molecular flexibility index (Phi) is 6.56. The highest BCUT2D eigenvalue weighted by Crippen LogP contribution is 2.23. The maximum atomic E-state index is 12.7. The largest absolute Gasteiger partial charge is 0.445 e. The van der Waals surface area contributed by atoms with E-state index in [1.54, 1.807) is 0 Å². The molecule has 0 radical (unpaired) electrons. The fourth-order valence-corrected chi connectivity index (χ4v) is 3.06. The molecule has 7 heteroatoms. The highest BCUT2D eigenvalue weighted by Gasteiger charge is 2.27. The minimum absolute atomic E-state index is 0. The zero-order chi connectivity index (χ0) is 20.1.